The van der Waals surface area contributed by atoms with Gasteiger partial charge < -0.3 is 5.73 Å². The standard InChI is InChI=1S/C10H20N2O2/c1-7(2)10(11)14-12-6-4-5-9(12)8(3)13/h7,9-10H,4-6,11H2,1-3H3. The highest BCUT2D eigenvalue weighted by atomic mass is 16.7. The highest BCUT2D eigenvalue weighted by molar-refractivity contribution is 5.81. The Morgan fingerprint density at radius 1 is 1.57 bits per heavy atom. The van der Waals surface area contributed by atoms with E-state index in [2.05, 4.69) is 0 Å². The fourth-order valence-electron chi connectivity index (χ4n) is 1.55. The maximum Gasteiger partial charge on any atom is 0.149 e. The maximum atomic E-state index is 11.2. The van der Waals surface area contributed by atoms with Crippen LogP contribution in [-0.2, 0) is 9.63 Å². The molecule has 0 spiro atoms. The summed E-state index contributed by atoms with van der Waals surface area (Å²) >= 11 is 0. The predicted molar refractivity (Wildman–Crippen MR) is 54.3 cm³/mol. The summed E-state index contributed by atoms with van der Waals surface area (Å²) in [4.78, 5) is 16.8. The van der Waals surface area contributed by atoms with Crippen molar-refractivity contribution in [2.24, 2.45) is 11.7 Å². The van der Waals surface area contributed by atoms with Crippen LogP contribution >= 0.6 is 0 Å². The summed E-state index contributed by atoms with van der Waals surface area (Å²) in [7, 11) is 0. The number of hydrogen-bond acceptors (Lipinski definition) is 4. The number of carbonyl (C=O) groups excluding carboxylic acids is 1. The van der Waals surface area contributed by atoms with Gasteiger partial charge in [0.2, 0.25) is 0 Å². The van der Waals surface area contributed by atoms with E-state index in [-0.39, 0.29) is 24.0 Å². The van der Waals surface area contributed by atoms with Crippen LogP contribution in [0.2, 0.25) is 0 Å². The van der Waals surface area contributed by atoms with Gasteiger partial charge in [-0.3, -0.25) is 9.63 Å². The lowest BCUT2D eigenvalue weighted by Crippen LogP contribution is -2.42. The van der Waals surface area contributed by atoms with Gasteiger partial charge in [-0.25, -0.2) is 0 Å². The minimum absolute atomic E-state index is 0.0835. The van der Waals surface area contributed by atoms with Gasteiger partial charge in [-0.15, -0.1) is 0 Å². The van der Waals surface area contributed by atoms with Crippen LogP contribution in [0.5, 0.6) is 0 Å². The Bertz CT molecular complexity index is 206. The molecule has 4 heteroatoms. The molecule has 2 atom stereocenters. The van der Waals surface area contributed by atoms with Gasteiger partial charge in [0.15, 0.2) is 0 Å². The van der Waals surface area contributed by atoms with E-state index in [1.54, 1.807) is 12.0 Å². The first-order valence-electron chi connectivity index (χ1n) is 5.22. The molecule has 0 bridgehead atoms. The minimum atomic E-state index is -0.310. The number of hydrogen-bond donors (Lipinski definition) is 1. The van der Waals surface area contributed by atoms with Crippen LogP contribution in [0.4, 0.5) is 0 Å². The summed E-state index contributed by atoms with van der Waals surface area (Å²) in [6.07, 6.45) is 1.59. The van der Waals surface area contributed by atoms with Crippen LogP contribution in [0.25, 0.3) is 0 Å². The molecule has 2 unspecified atom stereocenters. The number of nitrogens with two attached hydrogens (primary N) is 1. The van der Waals surface area contributed by atoms with E-state index in [9.17, 15) is 4.79 Å². The minimum Gasteiger partial charge on any atom is -0.304 e. The molecule has 0 aliphatic carbocycles. The number of Topliss-reactive ketones (excluding diaryl/α,β-unsaturated/α-hetero) is 1. The number of nitrogens with zero attached hydrogens (tertiary/aromatic N) is 1. The zero-order chi connectivity index (χ0) is 10.7. The monoisotopic (exact) mass is 200 g/mol. The molecule has 0 radical (unpaired) electrons. The van der Waals surface area contributed by atoms with E-state index in [4.69, 9.17) is 10.6 Å². The topological polar surface area (TPSA) is 55.6 Å². The molecule has 1 fully saturated rings. The van der Waals surface area contributed by atoms with E-state index in [0.717, 1.165) is 19.4 Å². The Hall–Kier alpha value is -0.450. The zero-order valence-corrected chi connectivity index (χ0v) is 9.19. The molecule has 1 aliphatic rings. The predicted octanol–water partition coefficient (Wildman–Crippen LogP) is 0.912. The molecule has 1 saturated heterocycles. The average molecular weight is 200 g/mol. The van der Waals surface area contributed by atoms with E-state index in [1.165, 1.54) is 0 Å². The van der Waals surface area contributed by atoms with Gasteiger partial charge >= 0.3 is 0 Å². The smallest absolute Gasteiger partial charge is 0.149 e. The molecule has 0 amide bonds. The van der Waals surface area contributed by atoms with Crippen molar-refractivity contribution >= 4 is 5.78 Å². The van der Waals surface area contributed by atoms with Crippen LogP contribution in [0.1, 0.15) is 33.6 Å². The van der Waals surface area contributed by atoms with Crippen LogP contribution in [0.15, 0.2) is 0 Å². The van der Waals surface area contributed by atoms with Crippen molar-refractivity contribution in [1.29, 1.82) is 0 Å². The van der Waals surface area contributed by atoms with Crippen molar-refractivity contribution in [3.8, 4) is 0 Å². The normalized spacial score (nSPS) is 25.6. The third kappa shape index (κ3) is 2.77. The van der Waals surface area contributed by atoms with Crippen molar-refractivity contribution in [3.05, 3.63) is 0 Å². The Labute approximate surface area is 85.3 Å². The summed E-state index contributed by atoms with van der Waals surface area (Å²) in [6.45, 7) is 6.42. The molecule has 2 N–H and O–H groups in total. The highest BCUT2D eigenvalue weighted by Gasteiger charge is 2.30. The summed E-state index contributed by atoms with van der Waals surface area (Å²) in [5.41, 5.74) is 5.78. The summed E-state index contributed by atoms with van der Waals surface area (Å²) < 4.78 is 0. The molecule has 4 nitrogen and oxygen atoms in total. The molecule has 0 aromatic rings. The molecule has 0 aromatic heterocycles. The van der Waals surface area contributed by atoms with Crippen LogP contribution in [0, 0.1) is 5.92 Å². The average Bonchev–Trinajstić information content (AvgIpc) is 2.52. The van der Waals surface area contributed by atoms with Crippen molar-refractivity contribution in [2.75, 3.05) is 6.54 Å². The summed E-state index contributed by atoms with van der Waals surface area (Å²) in [6, 6.07) is -0.0835. The van der Waals surface area contributed by atoms with Crippen molar-refractivity contribution < 1.29 is 9.63 Å². The van der Waals surface area contributed by atoms with E-state index in [0.29, 0.717) is 0 Å². The lowest BCUT2D eigenvalue weighted by atomic mass is 10.1. The van der Waals surface area contributed by atoms with Crippen LogP contribution in [0.3, 0.4) is 0 Å². The number of rotatable bonds is 4. The molecule has 1 heterocycles. The highest BCUT2D eigenvalue weighted by Crippen LogP contribution is 2.19. The third-order valence-electron chi connectivity index (χ3n) is 2.59. The molecular formula is C10H20N2O2. The summed E-state index contributed by atoms with van der Waals surface area (Å²) in [5, 5.41) is 1.74. The van der Waals surface area contributed by atoms with E-state index in [1.807, 2.05) is 13.8 Å². The SMILES string of the molecule is CC(=O)C1CCCN1OC(N)C(C)C. The van der Waals surface area contributed by atoms with Gasteiger partial charge in [0.25, 0.3) is 0 Å². The largest absolute Gasteiger partial charge is 0.304 e. The number of carbonyl (C=O) groups is 1. The Kier molecular flexibility index (Phi) is 4.04. The molecule has 0 aromatic carbocycles. The second-order valence-electron chi connectivity index (χ2n) is 4.22. The van der Waals surface area contributed by atoms with Crippen LogP contribution in [-0.4, -0.2) is 29.7 Å². The van der Waals surface area contributed by atoms with Gasteiger partial charge in [0.05, 0.1) is 6.04 Å². The second-order valence-corrected chi connectivity index (χ2v) is 4.22. The number of hydroxylamine groups is 2. The van der Waals surface area contributed by atoms with Gasteiger partial charge in [0, 0.05) is 6.54 Å². The molecule has 1 aliphatic heterocycles. The Morgan fingerprint density at radius 2 is 2.21 bits per heavy atom. The van der Waals surface area contributed by atoms with Gasteiger partial charge in [-0.2, -0.15) is 5.06 Å². The quantitative estimate of drug-likeness (QED) is 0.685. The van der Waals surface area contributed by atoms with Crippen molar-refractivity contribution in [3.63, 3.8) is 0 Å². The summed E-state index contributed by atoms with van der Waals surface area (Å²) in [5.74, 6) is 0.432. The van der Waals surface area contributed by atoms with Crippen molar-refractivity contribution in [2.45, 2.75) is 45.9 Å². The fraction of sp³-hybridized carbons (Fsp3) is 0.900. The second kappa shape index (κ2) is 4.87. The lowest BCUT2D eigenvalue weighted by molar-refractivity contribution is -0.213. The fourth-order valence-corrected chi connectivity index (χ4v) is 1.55. The lowest BCUT2D eigenvalue weighted by Gasteiger charge is -2.27. The molecule has 82 valence electrons. The first-order chi connectivity index (χ1) is 6.52. The van der Waals surface area contributed by atoms with Gasteiger partial charge in [-0.1, -0.05) is 13.8 Å². The first-order valence-corrected chi connectivity index (χ1v) is 5.22. The maximum absolute atomic E-state index is 11.2. The molecule has 0 saturated carbocycles. The Morgan fingerprint density at radius 3 is 2.71 bits per heavy atom. The van der Waals surface area contributed by atoms with E-state index >= 15 is 0 Å². The van der Waals surface area contributed by atoms with E-state index < -0.39 is 0 Å². The molecule has 1 rings (SSSR count). The van der Waals surface area contributed by atoms with Crippen LogP contribution < -0.4 is 5.73 Å². The first kappa shape index (κ1) is 11.6. The number of ketones is 1. The molecule has 14 heavy (non-hydrogen) atoms. The van der Waals surface area contributed by atoms with Crippen molar-refractivity contribution in [1.82, 2.24) is 5.06 Å². The Balaban J connectivity index is 2.47. The van der Waals surface area contributed by atoms with Gasteiger partial charge in [-0.05, 0) is 25.7 Å². The van der Waals surface area contributed by atoms with Gasteiger partial charge in [0.1, 0.15) is 12.0 Å². The zero-order valence-electron chi connectivity index (χ0n) is 9.19. The third-order valence-corrected chi connectivity index (χ3v) is 2.59. The molecular weight excluding hydrogens is 180 g/mol.